The maximum atomic E-state index is 11.1. The Morgan fingerprint density at radius 3 is 3.20 bits per heavy atom. The summed E-state index contributed by atoms with van der Waals surface area (Å²) in [6, 6.07) is 0. The minimum atomic E-state index is -0.322. The van der Waals surface area contributed by atoms with Crippen molar-refractivity contribution in [2.75, 3.05) is 30.8 Å². The van der Waals surface area contributed by atoms with Crippen LogP contribution < -0.4 is 16.6 Å². The fraction of sp³-hybridized carbons (Fsp3) is 0.556. The highest BCUT2D eigenvalue weighted by molar-refractivity contribution is 5.58. The van der Waals surface area contributed by atoms with E-state index in [4.69, 9.17) is 10.5 Å². The van der Waals surface area contributed by atoms with E-state index in [2.05, 4.69) is 15.3 Å². The molecule has 15 heavy (non-hydrogen) atoms. The molecular weight excluding hydrogens is 196 g/mol. The van der Waals surface area contributed by atoms with Gasteiger partial charge in [0.2, 0.25) is 0 Å². The molecule has 0 aromatic carbocycles. The van der Waals surface area contributed by atoms with Gasteiger partial charge in [0.15, 0.2) is 5.82 Å². The molecule has 0 fully saturated rings. The molecular formula is C9H16N4O2. The average molecular weight is 212 g/mol. The number of H-pyrrole nitrogens is 1. The second-order valence-corrected chi connectivity index (χ2v) is 2.97. The Balaban J connectivity index is 2.38. The van der Waals surface area contributed by atoms with Crippen molar-refractivity contribution in [3.63, 3.8) is 0 Å². The molecule has 1 aromatic heterocycles. The molecule has 0 aliphatic heterocycles. The monoisotopic (exact) mass is 212 g/mol. The molecule has 0 radical (unpaired) electrons. The van der Waals surface area contributed by atoms with Crippen LogP contribution in [0.4, 0.5) is 11.5 Å². The maximum Gasteiger partial charge on any atom is 0.276 e. The third-order valence-corrected chi connectivity index (χ3v) is 1.85. The van der Waals surface area contributed by atoms with Crippen molar-refractivity contribution >= 4 is 11.5 Å². The van der Waals surface area contributed by atoms with E-state index in [0.717, 1.165) is 6.42 Å². The summed E-state index contributed by atoms with van der Waals surface area (Å²) in [5, 5.41) is 2.98. The van der Waals surface area contributed by atoms with E-state index in [1.54, 1.807) is 0 Å². The summed E-state index contributed by atoms with van der Waals surface area (Å²) < 4.78 is 5.17. The number of anilines is 2. The summed E-state index contributed by atoms with van der Waals surface area (Å²) in [6.45, 7) is 4.03. The lowest BCUT2D eigenvalue weighted by atomic mass is 10.4. The summed E-state index contributed by atoms with van der Waals surface area (Å²) in [4.78, 5) is 17.4. The second kappa shape index (κ2) is 6.02. The molecule has 0 amide bonds. The van der Waals surface area contributed by atoms with Crippen LogP contribution in [-0.2, 0) is 4.74 Å². The number of rotatable bonds is 6. The van der Waals surface area contributed by atoms with Gasteiger partial charge in [-0.15, -0.1) is 0 Å². The fourth-order valence-electron chi connectivity index (χ4n) is 1.08. The smallest absolute Gasteiger partial charge is 0.276 e. The summed E-state index contributed by atoms with van der Waals surface area (Å²) in [7, 11) is 0. The number of aromatic nitrogens is 2. The molecule has 1 aromatic rings. The molecule has 6 nitrogen and oxygen atoms in total. The van der Waals surface area contributed by atoms with Gasteiger partial charge >= 0.3 is 0 Å². The van der Waals surface area contributed by atoms with Gasteiger partial charge < -0.3 is 20.8 Å². The zero-order chi connectivity index (χ0) is 11.1. The predicted molar refractivity (Wildman–Crippen MR) is 58.9 cm³/mol. The van der Waals surface area contributed by atoms with Crippen LogP contribution >= 0.6 is 0 Å². The molecule has 0 bridgehead atoms. The predicted octanol–water partition coefficient (Wildman–Crippen LogP) is 0.191. The summed E-state index contributed by atoms with van der Waals surface area (Å²) >= 11 is 0. The van der Waals surface area contributed by atoms with Crippen LogP contribution in [0.25, 0.3) is 0 Å². The zero-order valence-electron chi connectivity index (χ0n) is 8.75. The van der Waals surface area contributed by atoms with Crippen LogP contribution in [0.5, 0.6) is 0 Å². The van der Waals surface area contributed by atoms with Gasteiger partial charge in [-0.05, 0) is 13.3 Å². The van der Waals surface area contributed by atoms with Gasteiger partial charge in [0.1, 0.15) is 5.69 Å². The fourth-order valence-corrected chi connectivity index (χ4v) is 1.08. The molecule has 0 saturated carbocycles. The van der Waals surface area contributed by atoms with Crippen molar-refractivity contribution in [1.82, 2.24) is 9.97 Å². The van der Waals surface area contributed by atoms with E-state index in [9.17, 15) is 4.79 Å². The number of nitrogen functional groups attached to an aromatic ring is 1. The van der Waals surface area contributed by atoms with E-state index >= 15 is 0 Å². The number of ether oxygens (including phenoxy) is 1. The Labute approximate surface area is 87.9 Å². The number of hydrogen-bond donors (Lipinski definition) is 3. The first-order chi connectivity index (χ1) is 7.25. The standard InChI is InChI=1S/C9H16N4O2/c1-2-15-5-3-4-11-8-7(10)9(14)13-6-12-8/h6H,2-5,10H2,1H3,(H2,11,12,13,14). The molecule has 0 aliphatic rings. The molecule has 6 heteroatoms. The van der Waals surface area contributed by atoms with Crippen molar-refractivity contribution < 1.29 is 4.74 Å². The summed E-state index contributed by atoms with van der Waals surface area (Å²) in [6.07, 6.45) is 2.17. The van der Waals surface area contributed by atoms with Gasteiger partial charge in [-0.25, -0.2) is 4.98 Å². The highest BCUT2D eigenvalue weighted by atomic mass is 16.5. The van der Waals surface area contributed by atoms with Gasteiger partial charge in [-0.3, -0.25) is 4.79 Å². The van der Waals surface area contributed by atoms with Crippen LogP contribution in [0.2, 0.25) is 0 Å². The topological polar surface area (TPSA) is 93.0 Å². The number of hydrogen-bond acceptors (Lipinski definition) is 5. The van der Waals surface area contributed by atoms with E-state index in [1.165, 1.54) is 6.33 Å². The minimum Gasteiger partial charge on any atom is -0.391 e. The Kier molecular flexibility index (Phi) is 4.62. The largest absolute Gasteiger partial charge is 0.391 e. The van der Waals surface area contributed by atoms with Crippen LogP contribution in [-0.4, -0.2) is 29.7 Å². The second-order valence-electron chi connectivity index (χ2n) is 2.97. The van der Waals surface area contributed by atoms with Crippen LogP contribution in [0.3, 0.4) is 0 Å². The van der Waals surface area contributed by atoms with Crippen molar-refractivity contribution in [3.8, 4) is 0 Å². The van der Waals surface area contributed by atoms with Gasteiger partial charge in [0.25, 0.3) is 5.56 Å². The van der Waals surface area contributed by atoms with Gasteiger partial charge in [0.05, 0.1) is 6.33 Å². The van der Waals surface area contributed by atoms with E-state index in [1.807, 2.05) is 6.92 Å². The number of nitrogens with one attached hydrogen (secondary N) is 2. The first-order valence-corrected chi connectivity index (χ1v) is 4.90. The maximum absolute atomic E-state index is 11.1. The number of aromatic amines is 1. The normalized spacial score (nSPS) is 10.2. The molecule has 0 saturated heterocycles. The quantitative estimate of drug-likeness (QED) is 0.585. The summed E-state index contributed by atoms with van der Waals surface area (Å²) in [5.41, 5.74) is 5.32. The lowest BCUT2D eigenvalue weighted by Gasteiger charge is -2.06. The lowest BCUT2D eigenvalue weighted by molar-refractivity contribution is 0.147. The van der Waals surface area contributed by atoms with E-state index in [-0.39, 0.29) is 11.2 Å². The number of nitrogens with zero attached hydrogens (tertiary/aromatic N) is 1. The van der Waals surface area contributed by atoms with Gasteiger partial charge in [-0.1, -0.05) is 0 Å². The third-order valence-electron chi connectivity index (χ3n) is 1.85. The molecule has 0 aliphatic carbocycles. The van der Waals surface area contributed by atoms with Gasteiger partial charge in [-0.2, -0.15) is 0 Å². The Morgan fingerprint density at radius 1 is 1.67 bits per heavy atom. The summed E-state index contributed by atoms with van der Waals surface area (Å²) in [5.74, 6) is 0.426. The molecule has 0 unspecified atom stereocenters. The molecule has 1 heterocycles. The Bertz CT molecular complexity index is 350. The molecule has 1 rings (SSSR count). The van der Waals surface area contributed by atoms with Crippen molar-refractivity contribution in [2.24, 2.45) is 0 Å². The molecule has 84 valence electrons. The lowest BCUT2D eigenvalue weighted by Crippen LogP contribution is -2.17. The number of nitrogens with two attached hydrogens (primary N) is 1. The SMILES string of the molecule is CCOCCCNc1nc[nH]c(=O)c1N. The van der Waals surface area contributed by atoms with E-state index < -0.39 is 0 Å². The Hall–Kier alpha value is -1.56. The van der Waals surface area contributed by atoms with Crippen molar-refractivity contribution in [1.29, 1.82) is 0 Å². The highest BCUT2D eigenvalue weighted by Gasteiger charge is 2.02. The van der Waals surface area contributed by atoms with Crippen LogP contribution in [0.1, 0.15) is 13.3 Å². The minimum absolute atomic E-state index is 0.119. The first kappa shape index (κ1) is 11.5. The zero-order valence-corrected chi connectivity index (χ0v) is 8.75. The average Bonchev–Trinajstić information content (AvgIpc) is 2.24. The van der Waals surface area contributed by atoms with E-state index in [0.29, 0.717) is 25.6 Å². The van der Waals surface area contributed by atoms with Crippen LogP contribution in [0, 0.1) is 0 Å². The van der Waals surface area contributed by atoms with Crippen LogP contribution in [0.15, 0.2) is 11.1 Å². The van der Waals surface area contributed by atoms with Crippen molar-refractivity contribution in [3.05, 3.63) is 16.7 Å². The van der Waals surface area contributed by atoms with Crippen molar-refractivity contribution in [2.45, 2.75) is 13.3 Å². The molecule has 4 N–H and O–H groups in total. The third kappa shape index (κ3) is 3.59. The van der Waals surface area contributed by atoms with Gasteiger partial charge in [0, 0.05) is 19.8 Å². The first-order valence-electron chi connectivity index (χ1n) is 4.90. The Morgan fingerprint density at radius 2 is 2.47 bits per heavy atom. The molecule has 0 atom stereocenters. The highest BCUT2D eigenvalue weighted by Crippen LogP contribution is 2.06. The molecule has 0 spiro atoms.